The normalized spacial score (nSPS) is 11.3. The number of hydrogen-bond donors (Lipinski definition) is 2. The van der Waals surface area contributed by atoms with Gasteiger partial charge in [0.25, 0.3) is 0 Å². The van der Waals surface area contributed by atoms with Crippen LogP contribution in [-0.2, 0) is 26.1 Å². The van der Waals surface area contributed by atoms with Gasteiger partial charge in [-0.25, -0.2) is 4.99 Å². The zero-order valence-corrected chi connectivity index (χ0v) is 17.7. The molecule has 7 heteroatoms. The molecule has 0 aliphatic carbocycles. The third-order valence-corrected chi connectivity index (χ3v) is 4.56. The second-order valence-corrected chi connectivity index (χ2v) is 6.84. The molecule has 0 amide bonds. The molecule has 0 atom stereocenters. The molecule has 7 nitrogen and oxygen atoms in total. The fourth-order valence-electron chi connectivity index (χ4n) is 3.05. The molecule has 3 aromatic rings. The highest BCUT2D eigenvalue weighted by Crippen LogP contribution is 2.13. The molecule has 2 aromatic carbocycles. The highest BCUT2D eigenvalue weighted by atomic mass is 16.5. The summed E-state index contributed by atoms with van der Waals surface area (Å²) in [5, 5.41) is 14.8. The monoisotopic (exact) mass is 406 g/mol. The van der Waals surface area contributed by atoms with Gasteiger partial charge >= 0.3 is 0 Å². The molecule has 158 valence electrons. The van der Waals surface area contributed by atoms with Crippen molar-refractivity contribution in [3.05, 3.63) is 77.9 Å². The van der Waals surface area contributed by atoms with E-state index in [2.05, 4.69) is 57.4 Å². The van der Waals surface area contributed by atoms with Crippen molar-refractivity contribution >= 4 is 5.96 Å². The number of benzene rings is 2. The van der Waals surface area contributed by atoms with E-state index < -0.39 is 0 Å². The van der Waals surface area contributed by atoms with Crippen LogP contribution < -0.4 is 15.4 Å². The minimum Gasteiger partial charge on any atom is -0.489 e. The fourth-order valence-corrected chi connectivity index (χ4v) is 3.05. The molecule has 0 saturated carbocycles. The van der Waals surface area contributed by atoms with Crippen molar-refractivity contribution in [3.8, 4) is 5.75 Å². The summed E-state index contributed by atoms with van der Waals surface area (Å²) in [5.41, 5.74) is 2.28. The topological polar surface area (TPSA) is 76.4 Å². The summed E-state index contributed by atoms with van der Waals surface area (Å²) in [5.74, 6) is 2.67. The number of guanidine groups is 1. The van der Waals surface area contributed by atoms with Crippen LogP contribution in [0.1, 0.15) is 30.8 Å². The van der Waals surface area contributed by atoms with Crippen LogP contribution >= 0.6 is 0 Å². The minimum absolute atomic E-state index is 0.540. The lowest BCUT2D eigenvalue weighted by atomic mass is 10.1. The SMILES string of the molecule is CCNC(=NCc1cccc(COc2ccccc2)c1)NCCn1cnnc1CC. The second kappa shape index (κ2) is 11.6. The van der Waals surface area contributed by atoms with Crippen LogP contribution in [0.25, 0.3) is 0 Å². The van der Waals surface area contributed by atoms with Crippen LogP contribution in [0, 0.1) is 0 Å². The van der Waals surface area contributed by atoms with Crippen molar-refractivity contribution in [2.45, 2.75) is 40.0 Å². The number of ether oxygens (including phenoxy) is 1. The number of rotatable bonds is 10. The van der Waals surface area contributed by atoms with E-state index in [0.717, 1.165) is 54.7 Å². The summed E-state index contributed by atoms with van der Waals surface area (Å²) in [4.78, 5) is 4.72. The minimum atomic E-state index is 0.540. The largest absolute Gasteiger partial charge is 0.489 e. The van der Waals surface area contributed by atoms with Gasteiger partial charge in [0.1, 0.15) is 24.5 Å². The van der Waals surface area contributed by atoms with Crippen molar-refractivity contribution in [2.24, 2.45) is 4.99 Å². The highest BCUT2D eigenvalue weighted by Gasteiger charge is 2.03. The van der Waals surface area contributed by atoms with Crippen LogP contribution in [-0.4, -0.2) is 33.8 Å². The first-order valence-electron chi connectivity index (χ1n) is 10.4. The summed E-state index contributed by atoms with van der Waals surface area (Å²) in [6.07, 6.45) is 2.64. The van der Waals surface area contributed by atoms with E-state index in [1.165, 1.54) is 0 Å². The first kappa shape index (κ1) is 21.4. The molecule has 0 aliphatic rings. The number of nitrogens with zero attached hydrogens (tertiary/aromatic N) is 4. The molecule has 0 fully saturated rings. The Bertz CT molecular complexity index is 922. The summed E-state index contributed by atoms with van der Waals surface area (Å²) >= 11 is 0. The van der Waals surface area contributed by atoms with Gasteiger partial charge in [-0.1, -0.05) is 49.4 Å². The van der Waals surface area contributed by atoms with E-state index in [9.17, 15) is 0 Å². The molecule has 30 heavy (non-hydrogen) atoms. The van der Waals surface area contributed by atoms with Crippen LogP contribution in [0.4, 0.5) is 0 Å². The molecular formula is C23H30N6O. The zero-order chi connectivity index (χ0) is 21.0. The zero-order valence-electron chi connectivity index (χ0n) is 17.7. The Morgan fingerprint density at radius 2 is 1.87 bits per heavy atom. The highest BCUT2D eigenvalue weighted by molar-refractivity contribution is 5.79. The smallest absolute Gasteiger partial charge is 0.191 e. The number of hydrogen-bond acceptors (Lipinski definition) is 4. The predicted molar refractivity (Wildman–Crippen MR) is 119 cm³/mol. The van der Waals surface area contributed by atoms with Gasteiger partial charge in [0.05, 0.1) is 6.54 Å². The number of aryl methyl sites for hydroxylation is 1. The Labute approximate surface area is 178 Å². The molecule has 0 bridgehead atoms. The quantitative estimate of drug-likeness (QED) is 0.399. The van der Waals surface area contributed by atoms with E-state index >= 15 is 0 Å². The third-order valence-electron chi connectivity index (χ3n) is 4.56. The van der Waals surface area contributed by atoms with Gasteiger partial charge in [0, 0.05) is 26.1 Å². The van der Waals surface area contributed by atoms with Gasteiger partial charge < -0.3 is 19.9 Å². The van der Waals surface area contributed by atoms with E-state index in [1.54, 1.807) is 6.33 Å². The van der Waals surface area contributed by atoms with Gasteiger partial charge in [-0.3, -0.25) is 0 Å². The average molecular weight is 407 g/mol. The number of aliphatic imine (C=N–C) groups is 1. The van der Waals surface area contributed by atoms with Crippen molar-refractivity contribution in [1.29, 1.82) is 0 Å². The Balaban J connectivity index is 1.53. The first-order valence-corrected chi connectivity index (χ1v) is 10.4. The first-order chi connectivity index (χ1) is 14.8. The van der Waals surface area contributed by atoms with Crippen molar-refractivity contribution in [2.75, 3.05) is 13.1 Å². The van der Waals surface area contributed by atoms with E-state index in [4.69, 9.17) is 9.73 Å². The molecule has 1 aromatic heterocycles. The molecule has 3 rings (SSSR count). The van der Waals surface area contributed by atoms with Crippen molar-refractivity contribution < 1.29 is 4.74 Å². The molecule has 2 N–H and O–H groups in total. The predicted octanol–water partition coefficient (Wildman–Crippen LogP) is 3.17. The van der Waals surface area contributed by atoms with Gasteiger partial charge in [0.15, 0.2) is 5.96 Å². The van der Waals surface area contributed by atoms with Crippen LogP contribution in [0.15, 0.2) is 65.9 Å². The molecule has 0 radical (unpaired) electrons. The molecule has 0 spiro atoms. The lowest BCUT2D eigenvalue weighted by Crippen LogP contribution is -2.38. The van der Waals surface area contributed by atoms with Crippen LogP contribution in [0.3, 0.4) is 0 Å². The molecular weight excluding hydrogens is 376 g/mol. The number of para-hydroxylation sites is 1. The number of nitrogens with one attached hydrogen (secondary N) is 2. The second-order valence-electron chi connectivity index (χ2n) is 6.84. The van der Waals surface area contributed by atoms with Crippen molar-refractivity contribution in [3.63, 3.8) is 0 Å². The van der Waals surface area contributed by atoms with E-state index in [0.29, 0.717) is 13.2 Å². The maximum absolute atomic E-state index is 5.85. The van der Waals surface area contributed by atoms with Crippen molar-refractivity contribution in [1.82, 2.24) is 25.4 Å². The summed E-state index contributed by atoms with van der Waals surface area (Å²) in [6.45, 7) is 7.64. The molecule has 1 heterocycles. The lowest BCUT2D eigenvalue weighted by Gasteiger charge is -2.12. The number of aromatic nitrogens is 3. The van der Waals surface area contributed by atoms with Crippen LogP contribution in [0.2, 0.25) is 0 Å². The molecule has 0 aliphatic heterocycles. The van der Waals surface area contributed by atoms with Gasteiger partial charge in [-0.05, 0) is 30.2 Å². The Morgan fingerprint density at radius 1 is 1.03 bits per heavy atom. The Hall–Kier alpha value is -3.35. The Kier molecular flexibility index (Phi) is 8.26. The van der Waals surface area contributed by atoms with E-state index in [-0.39, 0.29) is 0 Å². The van der Waals surface area contributed by atoms with Gasteiger partial charge in [0.2, 0.25) is 0 Å². The molecule has 0 unspecified atom stereocenters. The Morgan fingerprint density at radius 3 is 2.67 bits per heavy atom. The fraction of sp³-hybridized carbons (Fsp3) is 0.348. The molecule has 0 saturated heterocycles. The third kappa shape index (κ3) is 6.62. The van der Waals surface area contributed by atoms with Gasteiger partial charge in [-0.2, -0.15) is 0 Å². The standard InChI is InChI=1S/C23H30N6O/c1-3-22-28-27-18-29(22)14-13-25-23(24-4-2)26-16-19-9-8-10-20(15-19)17-30-21-11-6-5-7-12-21/h5-12,15,18H,3-4,13-14,16-17H2,1-2H3,(H2,24,25,26). The summed E-state index contributed by atoms with van der Waals surface area (Å²) in [7, 11) is 0. The maximum atomic E-state index is 5.85. The lowest BCUT2D eigenvalue weighted by molar-refractivity contribution is 0.306. The summed E-state index contributed by atoms with van der Waals surface area (Å²) in [6, 6.07) is 18.2. The van der Waals surface area contributed by atoms with Gasteiger partial charge in [-0.15, -0.1) is 10.2 Å². The average Bonchev–Trinajstić information content (AvgIpc) is 3.24. The maximum Gasteiger partial charge on any atom is 0.191 e. The van der Waals surface area contributed by atoms with Crippen LogP contribution in [0.5, 0.6) is 5.75 Å². The van der Waals surface area contributed by atoms with E-state index in [1.807, 2.05) is 36.4 Å². The summed E-state index contributed by atoms with van der Waals surface area (Å²) < 4.78 is 7.91.